The number of urea groups is 1. The van der Waals surface area contributed by atoms with Crippen molar-refractivity contribution in [1.29, 1.82) is 0 Å². The molecule has 3 N–H and O–H groups in total. The van der Waals surface area contributed by atoms with Gasteiger partial charge in [-0.3, -0.25) is 9.69 Å². The van der Waals surface area contributed by atoms with Crippen molar-refractivity contribution in [3.05, 3.63) is 76.8 Å². The van der Waals surface area contributed by atoms with Crippen LogP contribution in [0.15, 0.2) is 71.2 Å². The van der Waals surface area contributed by atoms with Crippen LogP contribution in [-0.2, 0) is 4.79 Å². The summed E-state index contributed by atoms with van der Waals surface area (Å²) in [6, 6.07) is 17.5. The molecule has 4 rings (SSSR count). The van der Waals surface area contributed by atoms with Crippen molar-refractivity contribution >= 4 is 50.9 Å². The van der Waals surface area contributed by atoms with Gasteiger partial charge in [-0.2, -0.15) is 0 Å². The van der Waals surface area contributed by atoms with E-state index in [0.29, 0.717) is 52.5 Å². The summed E-state index contributed by atoms with van der Waals surface area (Å²) >= 11 is 3.39. The fourth-order valence-corrected chi connectivity index (χ4v) is 5.11. The summed E-state index contributed by atoms with van der Waals surface area (Å²) in [5.74, 6) is -3.24. The van der Waals surface area contributed by atoms with E-state index in [-0.39, 0.29) is 44.0 Å². The third kappa shape index (κ3) is 9.13. The fourth-order valence-electron chi connectivity index (χ4n) is 4.72. The number of amides is 3. The molecule has 0 bridgehead atoms. The molecule has 44 heavy (non-hydrogen) atoms. The van der Waals surface area contributed by atoms with Gasteiger partial charge in [0.15, 0.2) is 0 Å². The molecule has 0 saturated carbocycles. The number of likely N-dealkylation sites (tertiary alicyclic amines) is 1. The van der Waals surface area contributed by atoms with E-state index in [9.17, 15) is 23.2 Å². The van der Waals surface area contributed by atoms with E-state index >= 15 is 0 Å². The number of hydrogen-bond acceptors (Lipinski definition) is 6. The highest BCUT2D eigenvalue weighted by atomic mass is 79.9. The molecule has 0 unspecified atom stereocenters. The number of carboxylic acids is 1. The maximum atomic E-state index is 13.6. The maximum Gasteiger partial charge on any atom is 0.335 e. The van der Waals surface area contributed by atoms with E-state index in [1.807, 2.05) is 6.07 Å². The van der Waals surface area contributed by atoms with Crippen LogP contribution in [0.25, 0.3) is 0 Å². The third-order valence-corrected chi connectivity index (χ3v) is 7.66. The molecule has 0 spiro atoms. The number of rotatable bonds is 13. The van der Waals surface area contributed by atoms with Crippen molar-refractivity contribution in [2.24, 2.45) is 0 Å². The van der Waals surface area contributed by atoms with Gasteiger partial charge >= 0.3 is 12.0 Å². The van der Waals surface area contributed by atoms with E-state index in [0.717, 1.165) is 0 Å². The number of benzene rings is 3. The SMILES string of the molecule is COc1cc(N(CCOc2ccc(C(=O)O)cc2)C(=O)CCCN2CCC(F)(F)C2)ccc1NC(=O)Nc1ccccc1Br. The summed E-state index contributed by atoms with van der Waals surface area (Å²) in [6.07, 6.45) is 0.333. The highest BCUT2D eigenvalue weighted by Crippen LogP contribution is 2.31. The lowest BCUT2D eigenvalue weighted by molar-refractivity contribution is -0.118. The molecule has 13 heteroatoms. The third-order valence-electron chi connectivity index (χ3n) is 6.97. The standard InChI is InChI=1S/C31H33BrF2N4O6/c1-43-27-19-22(10-13-26(27)36-30(42)35-25-6-3-2-5-24(25)32)38(17-18-44-23-11-8-21(9-12-23)29(40)41)28(39)7-4-15-37-16-14-31(33,34)20-37/h2-3,5-6,8-13,19H,4,7,14-18,20H2,1H3,(H,40,41)(H2,35,36,42). The van der Waals surface area contributed by atoms with Crippen molar-refractivity contribution < 1.29 is 37.7 Å². The summed E-state index contributed by atoms with van der Waals surface area (Å²) in [5.41, 5.74) is 1.56. The predicted octanol–water partition coefficient (Wildman–Crippen LogP) is 6.33. The molecule has 10 nitrogen and oxygen atoms in total. The Bertz CT molecular complexity index is 1470. The van der Waals surface area contributed by atoms with Crippen LogP contribution in [-0.4, -0.2) is 73.7 Å². The second-order valence-corrected chi connectivity index (χ2v) is 11.0. The summed E-state index contributed by atoms with van der Waals surface area (Å²) in [5, 5.41) is 14.6. The zero-order valence-corrected chi connectivity index (χ0v) is 25.6. The molecule has 3 aromatic carbocycles. The Morgan fingerprint density at radius 1 is 1.05 bits per heavy atom. The molecule has 0 aliphatic carbocycles. The Kier molecular flexibility index (Phi) is 11.1. The number of methoxy groups -OCH3 is 1. The molecule has 3 aromatic rings. The van der Waals surface area contributed by atoms with Crippen LogP contribution in [0.2, 0.25) is 0 Å². The van der Waals surface area contributed by atoms with E-state index in [1.54, 1.807) is 41.3 Å². The van der Waals surface area contributed by atoms with Crippen LogP contribution in [0.5, 0.6) is 11.5 Å². The fraction of sp³-hybridized carbons (Fsp3) is 0.323. The number of hydrogen-bond donors (Lipinski definition) is 3. The summed E-state index contributed by atoms with van der Waals surface area (Å²) in [7, 11) is 1.44. The summed E-state index contributed by atoms with van der Waals surface area (Å²) in [4.78, 5) is 40.4. The average molecular weight is 676 g/mol. The number of nitrogens with zero attached hydrogens (tertiary/aromatic N) is 2. The second-order valence-electron chi connectivity index (χ2n) is 10.2. The monoisotopic (exact) mass is 674 g/mol. The molecule has 1 heterocycles. The molecule has 1 aliphatic heterocycles. The number of carbonyl (C=O) groups excluding carboxylic acids is 2. The lowest BCUT2D eigenvalue weighted by Gasteiger charge is -2.25. The molecular formula is C31H33BrF2N4O6. The van der Waals surface area contributed by atoms with E-state index in [2.05, 4.69) is 26.6 Å². The Labute approximate surface area is 262 Å². The number of alkyl halides is 2. The molecule has 234 valence electrons. The van der Waals surface area contributed by atoms with Gasteiger partial charge in [-0.1, -0.05) is 12.1 Å². The Hall–Kier alpha value is -4.23. The highest BCUT2D eigenvalue weighted by Gasteiger charge is 2.37. The molecule has 0 radical (unpaired) electrons. The number of para-hydroxylation sites is 1. The molecule has 3 amide bonds. The van der Waals surface area contributed by atoms with E-state index < -0.39 is 17.9 Å². The zero-order valence-electron chi connectivity index (χ0n) is 24.0. The number of anilines is 3. The Morgan fingerprint density at radius 2 is 1.77 bits per heavy atom. The molecule has 0 aromatic heterocycles. The van der Waals surface area contributed by atoms with Gasteiger partial charge in [-0.05, 0) is 77.4 Å². The smallest absolute Gasteiger partial charge is 0.335 e. The first kappa shape index (κ1) is 32.7. The van der Waals surface area contributed by atoms with Crippen LogP contribution in [0.4, 0.5) is 30.6 Å². The van der Waals surface area contributed by atoms with Gasteiger partial charge in [-0.25, -0.2) is 18.4 Å². The van der Waals surface area contributed by atoms with Crippen LogP contribution in [0, 0.1) is 0 Å². The topological polar surface area (TPSA) is 120 Å². The number of aromatic carboxylic acids is 1. The number of carboxylic acid groups (broad SMARTS) is 1. The first-order chi connectivity index (χ1) is 21.0. The van der Waals surface area contributed by atoms with E-state index in [4.69, 9.17) is 14.6 Å². The molecule has 1 saturated heterocycles. The predicted molar refractivity (Wildman–Crippen MR) is 166 cm³/mol. The van der Waals surface area contributed by atoms with Gasteiger partial charge in [0, 0.05) is 35.6 Å². The summed E-state index contributed by atoms with van der Waals surface area (Å²) < 4.78 is 39.2. The van der Waals surface area contributed by atoms with Gasteiger partial charge < -0.3 is 30.1 Å². The lowest BCUT2D eigenvalue weighted by Crippen LogP contribution is -2.35. The van der Waals surface area contributed by atoms with Gasteiger partial charge in [0.05, 0.1) is 37.1 Å². The number of carbonyl (C=O) groups is 3. The minimum atomic E-state index is -2.70. The van der Waals surface area contributed by atoms with Crippen molar-refractivity contribution in [1.82, 2.24) is 4.90 Å². The Morgan fingerprint density at radius 3 is 2.43 bits per heavy atom. The number of ether oxygens (including phenoxy) is 2. The summed E-state index contributed by atoms with van der Waals surface area (Å²) in [6.45, 7) is 0.590. The molecular weight excluding hydrogens is 642 g/mol. The minimum absolute atomic E-state index is 0.0905. The first-order valence-corrected chi connectivity index (χ1v) is 14.7. The van der Waals surface area contributed by atoms with E-state index in [1.165, 1.54) is 36.3 Å². The van der Waals surface area contributed by atoms with Gasteiger partial charge in [0.25, 0.3) is 5.92 Å². The van der Waals surface area contributed by atoms with Crippen LogP contribution < -0.4 is 25.0 Å². The largest absolute Gasteiger partial charge is 0.494 e. The van der Waals surface area contributed by atoms with Crippen molar-refractivity contribution in [3.8, 4) is 11.5 Å². The molecule has 1 aliphatic rings. The Balaban J connectivity index is 1.45. The van der Waals surface area contributed by atoms with Crippen molar-refractivity contribution in [3.63, 3.8) is 0 Å². The lowest BCUT2D eigenvalue weighted by atomic mass is 10.2. The highest BCUT2D eigenvalue weighted by molar-refractivity contribution is 9.10. The van der Waals surface area contributed by atoms with Gasteiger partial charge in [0.2, 0.25) is 5.91 Å². The van der Waals surface area contributed by atoms with Crippen molar-refractivity contribution in [2.75, 3.05) is 55.4 Å². The van der Waals surface area contributed by atoms with Crippen LogP contribution in [0.3, 0.4) is 0 Å². The van der Waals surface area contributed by atoms with Crippen LogP contribution >= 0.6 is 15.9 Å². The second kappa shape index (κ2) is 15.0. The van der Waals surface area contributed by atoms with Gasteiger partial charge in [-0.15, -0.1) is 0 Å². The maximum absolute atomic E-state index is 13.6. The first-order valence-electron chi connectivity index (χ1n) is 13.9. The number of nitrogens with one attached hydrogen (secondary N) is 2. The number of halogens is 3. The minimum Gasteiger partial charge on any atom is -0.494 e. The average Bonchev–Trinajstić information content (AvgIpc) is 3.35. The normalized spacial score (nSPS) is 14.1. The van der Waals surface area contributed by atoms with Crippen LogP contribution in [0.1, 0.15) is 29.6 Å². The quantitative estimate of drug-likeness (QED) is 0.194. The van der Waals surface area contributed by atoms with Gasteiger partial charge in [0.1, 0.15) is 18.1 Å². The zero-order chi connectivity index (χ0) is 31.7. The molecule has 0 atom stereocenters. The van der Waals surface area contributed by atoms with Crippen molar-refractivity contribution in [2.45, 2.75) is 25.2 Å². The molecule has 1 fully saturated rings.